The highest BCUT2D eigenvalue weighted by Crippen LogP contribution is 2.18. The van der Waals surface area contributed by atoms with Crippen LogP contribution >= 0.6 is 0 Å². The molecular weight excluding hydrogens is 308 g/mol. The number of aromatic hydroxyl groups is 1. The standard InChI is InChI=1S/C15H20N8O/c1-10-16-9-11(24)14-17-12(19-23(10)14)5-6-13-18-15(20-21(13)2)22-7-3-4-8-22/h9,24H,3-8H2,1-2H3. The highest BCUT2D eigenvalue weighted by atomic mass is 16.3. The summed E-state index contributed by atoms with van der Waals surface area (Å²) in [7, 11) is 1.92. The first-order chi connectivity index (χ1) is 11.6. The van der Waals surface area contributed by atoms with Gasteiger partial charge in [-0.1, -0.05) is 0 Å². The normalized spacial score (nSPS) is 14.8. The molecule has 1 saturated heterocycles. The second-order valence-corrected chi connectivity index (χ2v) is 6.10. The summed E-state index contributed by atoms with van der Waals surface area (Å²) in [4.78, 5) is 15.3. The molecule has 3 aromatic heterocycles. The number of rotatable bonds is 4. The van der Waals surface area contributed by atoms with E-state index in [0.717, 1.165) is 24.9 Å². The molecule has 1 N–H and O–H groups in total. The lowest BCUT2D eigenvalue weighted by Crippen LogP contribution is -2.19. The van der Waals surface area contributed by atoms with E-state index in [2.05, 4.69) is 30.0 Å². The smallest absolute Gasteiger partial charge is 0.244 e. The summed E-state index contributed by atoms with van der Waals surface area (Å²) in [5, 5.41) is 18.8. The molecule has 1 fully saturated rings. The van der Waals surface area contributed by atoms with Gasteiger partial charge in [-0.25, -0.2) is 9.97 Å². The predicted octanol–water partition coefficient (Wildman–Crippen LogP) is 0.652. The second-order valence-electron chi connectivity index (χ2n) is 6.10. The molecule has 0 saturated carbocycles. The zero-order chi connectivity index (χ0) is 16.7. The Morgan fingerprint density at radius 1 is 1.12 bits per heavy atom. The van der Waals surface area contributed by atoms with Gasteiger partial charge < -0.3 is 10.0 Å². The molecule has 1 aliphatic rings. The fraction of sp³-hybridized carbons (Fsp3) is 0.533. The van der Waals surface area contributed by atoms with Gasteiger partial charge in [-0.3, -0.25) is 4.68 Å². The van der Waals surface area contributed by atoms with E-state index < -0.39 is 0 Å². The molecule has 4 heterocycles. The van der Waals surface area contributed by atoms with Crippen LogP contribution in [0.1, 0.15) is 30.3 Å². The summed E-state index contributed by atoms with van der Waals surface area (Å²) in [6, 6.07) is 0. The first-order valence-electron chi connectivity index (χ1n) is 8.17. The molecule has 1 aliphatic heterocycles. The maximum atomic E-state index is 9.85. The highest BCUT2D eigenvalue weighted by molar-refractivity contribution is 5.50. The molecule has 24 heavy (non-hydrogen) atoms. The molecule has 0 aromatic carbocycles. The summed E-state index contributed by atoms with van der Waals surface area (Å²) in [6.45, 7) is 3.89. The van der Waals surface area contributed by atoms with Gasteiger partial charge in [-0.15, -0.1) is 10.2 Å². The Hall–Kier alpha value is -2.71. The van der Waals surface area contributed by atoms with Crippen molar-refractivity contribution in [3.05, 3.63) is 23.7 Å². The topological polar surface area (TPSA) is 97.3 Å². The van der Waals surface area contributed by atoms with Crippen LogP contribution in [0.2, 0.25) is 0 Å². The molecule has 0 bridgehead atoms. The molecule has 0 amide bonds. The third kappa shape index (κ3) is 2.55. The van der Waals surface area contributed by atoms with E-state index in [9.17, 15) is 5.11 Å². The molecule has 0 aliphatic carbocycles. The van der Waals surface area contributed by atoms with Crippen molar-refractivity contribution in [1.82, 2.24) is 34.3 Å². The van der Waals surface area contributed by atoms with Gasteiger partial charge in [0.2, 0.25) is 11.6 Å². The maximum absolute atomic E-state index is 9.85. The third-order valence-electron chi connectivity index (χ3n) is 4.36. The van der Waals surface area contributed by atoms with Crippen molar-refractivity contribution in [2.75, 3.05) is 18.0 Å². The number of anilines is 1. The summed E-state index contributed by atoms with van der Waals surface area (Å²) in [5.74, 6) is 3.11. The van der Waals surface area contributed by atoms with Gasteiger partial charge in [0.05, 0.1) is 6.20 Å². The lowest BCUT2D eigenvalue weighted by Gasteiger charge is -2.10. The van der Waals surface area contributed by atoms with Crippen LogP contribution in [0.4, 0.5) is 5.95 Å². The molecule has 9 heteroatoms. The van der Waals surface area contributed by atoms with E-state index >= 15 is 0 Å². The van der Waals surface area contributed by atoms with Crippen LogP contribution in [0.5, 0.6) is 5.75 Å². The van der Waals surface area contributed by atoms with E-state index in [4.69, 9.17) is 0 Å². The number of hydrogen-bond donors (Lipinski definition) is 1. The Labute approximate surface area is 139 Å². The minimum atomic E-state index is 0.0364. The largest absolute Gasteiger partial charge is 0.503 e. The van der Waals surface area contributed by atoms with Crippen molar-refractivity contribution in [2.24, 2.45) is 7.05 Å². The molecule has 0 spiro atoms. The third-order valence-corrected chi connectivity index (χ3v) is 4.36. The zero-order valence-corrected chi connectivity index (χ0v) is 13.8. The molecular formula is C15H20N8O. The van der Waals surface area contributed by atoms with Gasteiger partial charge in [-0.2, -0.15) is 9.50 Å². The van der Waals surface area contributed by atoms with Crippen molar-refractivity contribution in [1.29, 1.82) is 0 Å². The Bertz CT molecular complexity index is 838. The van der Waals surface area contributed by atoms with Crippen molar-refractivity contribution < 1.29 is 5.11 Å². The maximum Gasteiger partial charge on any atom is 0.244 e. The zero-order valence-electron chi connectivity index (χ0n) is 13.8. The van der Waals surface area contributed by atoms with Crippen LogP contribution in [0.3, 0.4) is 0 Å². The number of nitrogens with zero attached hydrogens (tertiary/aromatic N) is 8. The summed E-state index contributed by atoms with van der Waals surface area (Å²) in [5.41, 5.74) is 0.438. The van der Waals surface area contributed by atoms with Gasteiger partial charge in [0.25, 0.3) is 0 Å². The highest BCUT2D eigenvalue weighted by Gasteiger charge is 2.18. The van der Waals surface area contributed by atoms with Crippen LogP contribution in [0.25, 0.3) is 5.65 Å². The average molecular weight is 328 g/mol. The molecule has 3 aromatic rings. The van der Waals surface area contributed by atoms with Crippen molar-refractivity contribution in [3.8, 4) is 5.75 Å². The fourth-order valence-corrected chi connectivity index (χ4v) is 3.01. The van der Waals surface area contributed by atoms with Crippen molar-refractivity contribution in [2.45, 2.75) is 32.6 Å². The number of hydrogen-bond acceptors (Lipinski definition) is 7. The molecule has 0 radical (unpaired) electrons. The first-order valence-corrected chi connectivity index (χ1v) is 8.17. The predicted molar refractivity (Wildman–Crippen MR) is 87.0 cm³/mol. The van der Waals surface area contributed by atoms with E-state index in [-0.39, 0.29) is 5.75 Å². The monoisotopic (exact) mass is 328 g/mol. The van der Waals surface area contributed by atoms with E-state index in [1.807, 2.05) is 18.7 Å². The van der Waals surface area contributed by atoms with Gasteiger partial charge in [0, 0.05) is 33.0 Å². The van der Waals surface area contributed by atoms with Crippen molar-refractivity contribution >= 4 is 11.6 Å². The van der Waals surface area contributed by atoms with Crippen molar-refractivity contribution in [3.63, 3.8) is 0 Å². The quantitative estimate of drug-likeness (QED) is 0.751. The lowest BCUT2D eigenvalue weighted by molar-refractivity contribution is 0.473. The average Bonchev–Trinajstić information content (AvgIpc) is 3.28. The van der Waals surface area contributed by atoms with Gasteiger partial charge >= 0.3 is 0 Å². The summed E-state index contributed by atoms with van der Waals surface area (Å²) < 4.78 is 3.39. The summed E-state index contributed by atoms with van der Waals surface area (Å²) in [6.07, 6.45) is 5.13. The Balaban J connectivity index is 1.53. The Morgan fingerprint density at radius 2 is 1.92 bits per heavy atom. The Morgan fingerprint density at radius 3 is 2.67 bits per heavy atom. The fourth-order valence-electron chi connectivity index (χ4n) is 3.01. The van der Waals surface area contributed by atoms with Gasteiger partial charge in [0.1, 0.15) is 11.6 Å². The van der Waals surface area contributed by atoms with E-state index in [1.54, 1.807) is 4.52 Å². The Kier molecular flexibility index (Phi) is 3.55. The first kappa shape index (κ1) is 14.9. The van der Waals surface area contributed by atoms with Crippen LogP contribution < -0.4 is 4.90 Å². The minimum absolute atomic E-state index is 0.0364. The molecule has 4 rings (SSSR count). The molecule has 0 atom stereocenters. The van der Waals surface area contributed by atoms with Gasteiger partial charge in [0.15, 0.2) is 11.6 Å². The second kappa shape index (κ2) is 5.73. The van der Waals surface area contributed by atoms with Crippen LogP contribution in [0, 0.1) is 6.92 Å². The minimum Gasteiger partial charge on any atom is -0.503 e. The molecule has 9 nitrogen and oxygen atoms in total. The SMILES string of the molecule is Cc1ncc(O)c2nc(CCc3nc(N4CCCC4)nn3C)nn12. The van der Waals surface area contributed by atoms with E-state index in [0.29, 0.717) is 30.1 Å². The molecule has 126 valence electrons. The van der Waals surface area contributed by atoms with Crippen LogP contribution in [0.15, 0.2) is 6.20 Å². The van der Waals surface area contributed by atoms with Gasteiger partial charge in [-0.05, 0) is 19.8 Å². The number of aromatic nitrogens is 7. The number of aryl methyl sites for hydroxylation is 4. The van der Waals surface area contributed by atoms with Crippen LogP contribution in [-0.2, 0) is 19.9 Å². The summed E-state index contributed by atoms with van der Waals surface area (Å²) >= 11 is 0. The lowest BCUT2D eigenvalue weighted by atomic mass is 10.3. The number of fused-ring (bicyclic) bond motifs is 1. The van der Waals surface area contributed by atoms with Crippen LogP contribution in [-0.4, -0.2) is 52.5 Å². The molecule has 0 unspecified atom stereocenters. The van der Waals surface area contributed by atoms with E-state index in [1.165, 1.54) is 19.0 Å².